The Morgan fingerprint density at radius 3 is 1.21 bits per heavy atom. The van der Waals surface area contributed by atoms with Crippen molar-refractivity contribution in [2.24, 2.45) is 0 Å². The normalized spacial score (nSPS) is 13.2. The van der Waals surface area contributed by atoms with E-state index in [1.165, 1.54) is 102 Å². The highest BCUT2D eigenvalue weighted by atomic mass is 32.2. The van der Waals surface area contributed by atoms with Crippen LogP contribution in [0.4, 0.5) is 34.1 Å². The average molecular weight is 831 g/mol. The average Bonchev–Trinajstić information content (AvgIpc) is 3.31. The van der Waals surface area contributed by atoms with Crippen LogP contribution >= 0.6 is 23.5 Å². The summed E-state index contributed by atoms with van der Waals surface area (Å²) in [5.74, 6) is 0. The second-order valence-corrected chi connectivity index (χ2v) is 19.5. The van der Waals surface area contributed by atoms with Crippen LogP contribution in [0.25, 0.3) is 54.6 Å². The van der Waals surface area contributed by atoms with Crippen molar-refractivity contribution in [2.45, 2.75) is 45.8 Å². The first-order valence-corrected chi connectivity index (χ1v) is 23.0. The molecule has 2 aliphatic rings. The molecule has 0 fully saturated rings. The Morgan fingerprint density at radius 2 is 0.742 bits per heavy atom. The van der Waals surface area contributed by atoms with Gasteiger partial charge in [0.05, 0.1) is 22.7 Å². The zero-order valence-corrected chi connectivity index (χ0v) is 36.4. The van der Waals surface area contributed by atoms with E-state index in [0.717, 1.165) is 11.4 Å². The minimum absolute atomic E-state index is 0.0387. The largest absolute Gasteiger partial charge is 0.308 e. The molecule has 0 unspecified atom stereocenters. The summed E-state index contributed by atoms with van der Waals surface area (Å²) in [7, 11) is 0. The van der Waals surface area contributed by atoms with Crippen molar-refractivity contribution >= 4 is 90.0 Å². The van der Waals surface area contributed by atoms with Gasteiger partial charge in [0.1, 0.15) is 0 Å². The number of hydrogen-bond donors (Lipinski definition) is 0. The third-order valence-electron chi connectivity index (χ3n) is 12.5. The van der Waals surface area contributed by atoms with Crippen LogP contribution in [0.5, 0.6) is 0 Å². The van der Waals surface area contributed by atoms with Crippen LogP contribution in [0.15, 0.2) is 220 Å². The predicted octanol–water partition coefficient (Wildman–Crippen LogP) is 17.6. The van der Waals surface area contributed by atoms with Crippen molar-refractivity contribution in [1.29, 1.82) is 0 Å². The van der Waals surface area contributed by atoms with Gasteiger partial charge in [-0.1, -0.05) is 166 Å². The molecule has 10 aromatic rings. The number of hydrogen-bond acceptors (Lipinski definition) is 4. The van der Waals surface area contributed by atoms with E-state index < -0.39 is 0 Å². The fourth-order valence-corrected chi connectivity index (χ4v) is 11.7. The predicted molar refractivity (Wildman–Crippen MR) is 266 cm³/mol. The van der Waals surface area contributed by atoms with Crippen LogP contribution < -0.4 is 9.80 Å². The number of anilines is 6. The van der Waals surface area contributed by atoms with Gasteiger partial charge in [-0.2, -0.15) is 0 Å². The summed E-state index contributed by atoms with van der Waals surface area (Å²) in [4.78, 5) is 9.94. The Balaban J connectivity index is 1.19. The van der Waals surface area contributed by atoms with Crippen molar-refractivity contribution < 1.29 is 0 Å². The van der Waals surface area contributed by atoms with Gasteiger partial charge >= 0.3 is 0 Å². The topological polar surface area (TPSA) is 6.48 Å². The zero-order chi connectivity index (χ0) is 41.5. The molecule has 2 nitrogen and oxygen atoms in total. The molecule has 62 heavy (non-hydrogen) atoms. The second kappa shape index (κ2) is 14.4. The van der Waals surface area contributed by atoms with E-state index in [1.807, 2.05) is 23.5 Å². The number of fused-ring (bicyclic) bond motifs is 7. The highest BCUT2D eigenvalue weighted by molar-refractivity contribution is 8.00. The molecule has 4 heteroatoms. The lowest BCUT2D eigenvalue weighted by Crippen LogP contribution is -2.15. The minimum Gasteiger partial charge on any atom is -0.308 e. The lowest BCUT2D eigenvalue weighted by molar-refractivity contribution is 0.590. The van der Waals surface area contributed by atoms with Gasteiger partial charge < -0.3 is 9.80 Å². The molecule has 0 atom stereocenters. The fraction of sp³-hybridized carbons (Fsp3) is 0.0690. The Labute approximate surface area is 371 Å². The molecule has 2 heterocycles. The number of nitrogens with zero attached hydrogens (tertiary/aromatic N) is 2. The van der Waals surface area contributed by atoms with E-state index in [4.69, 9.17) is 0 Å². The smallest absolute Gasteiger partial charge is 0.0601 e. The summed E-state index contributed by atoms with van der Waals surface area (Å²) in [5, 5.41) is 7.39. The Bertz CT molecular complexity index is 3330. The lowest BCUT2D eigenvalue weighted by atomic mass is 9.83. The molecule has 0 aliphatic carbocycles. The number of benzene rings is 10. The maximum Gasteiger partial charge on any atom is 0.0601 e. The van der Waals surface area contributed by atoms with Crippen molar-refractivity contribution in [3.63, 3.8) is 0 Å². The molecule has 0 N–H and O–H groups in total. The standard InChI is InChI=1S/C58H42N2S2/c1-58(2,3)41-28-26-38(27-29-41)56-44-32-30-43(60-50-18-8-12-22-54(50)62-55-23-13-9-19-51(55)60)36-47(44)57(40-25-24-37-14-4-5-15-39(37)34-40)45-33-31-42(35-46(45)56)59-48-16-6-10-20-52(48)61-53-21-11-7-17-49(53)59/h4-36H,1-3H3. The maximum atomic E-state index is 2.46. The van der Waals surface area contributed by atoms with E-state index >= 15 is 0 Å². The highest BCUT2D eigenvalue weighted by Gasteiger charge is 2.28. The van der Waals surface area contributed by atoms with Crippen LogP contribution in [0.1, 0.15) is 26.3 Å². The van der Waals surface area contributed by atoms with Crippen molar-refractivity contribution in [1.82, 2.24) is 0 Å². The van der Waals surface area contributed by atoms with Gasteiger partial charge in [-0.3, -0.25) is 0 Å². The van der Waals surface area contributed by atoms with E-state index in [2.05, 4.69) is 231 Å². The fourth-order valence-electron chi connectivity index (χ4n) is 9.55. The van der Waals surface area contributed by atoms with Gasteiger partial charge in [-0.25, -0.2) is 0 Å². The SMILES string of the molecule is CC(C)(C)c1ccc(-c2c3ccc(N4c5ccccc5Sc5ccccc54)cc3c(-c3ccc4ccccc4c3)c3ccc(N4c5ccccc5Sc5ccccc54)cc23)cc1. The Morgan fingerprint density at radius 1 is 0.339 bits per heavy atom. The van der Waals surface area contributed by atoms with E-state index in [0.29, 0.717) is 0 Å². The van der Waals surface area contributed by atoms with Gasteiger partial charge in [0.2, 0.25) is 0 Å². The first kappa shape index (κ1) is 37.1. The molecular formula is C58H42N2S2. The summed E-state index contributed by atoms with van der Waals surface area (Å²) in [6.07, 6.45) is 0. The van der Waals surface area contributed by atoms with Crippen molar-refractivity contribution in [2.75, 3.05) is 9.80 Å². The lowest BCUT2D eigenvalue weighted by Gasteiger charge is -2.34. The number of para-hydroxylation sites is 4. The third-order valence-corrected chi connectivity index (χ3v) is 14.8. The molecule has 0 aromatic heterocycles. The summed E-state index contributed by atoms with van der Waals surface area (Å²) >= 11 is 3.70. The molecule has 296 valence electrons. The first-order valence-electron chi connectivity index (χ1n) is 21.3. The van der Waals surface area contributed by atoms with E-state index in [-0.39, 0.29) is 5.41 Å². The van der Waals surface area contributed by atoms with Crippen LogP contribution in [-0.4, -0.2) is 0 Å². The Kier molecular flexibility index (Phi) is 8.64. The second-order valence-electron chi connectivity index (χ2n) is 17.3. The van der Waals surface area contributed by atoms with Crippen LogP contribution in [-0.2, 0) is 5.41 Å². The third kappa shape index (κ3) is 6.04. The van der Waals surface area contributed by atoms with Gasteiger partial charge in [0, 0.05) is 31.0 Å². The van der Waals surface area contributed by atoms with Gasteiger partial charge in [-0.15, -0.1) is 0 Å². The molecule has 0 spiro atoms. The molecule has 0 amide bonds. The quantitative estimate of drug-likeness (QED) is 0.163. The number of rotatable bonds is 4. The van der Waals surface area contributed by atoms with E-state index in [9.17, 15) is 0 Å². The van der Waals surface area contributed by atoms with Crippen LogP contribution in [0.2, 0.25) is 0 Å². The first-order chi connectivity index (χ1) is 30.4. The molecule has 0 saturated carbocycles. The summed E-state index contributed by atoms with van der Waals surface area (Å²) < 4.78 is 0. The maximum absolute atomic E-state index is 2.46. The van der Waals surface area contributed by atoms with E-state index in [1.54, 1.807) is 0 Å². The molecule has 10 aromatic carbocycles. The summed E-state index contributed by atoms with van der Waals surface area (Å²) in [5.41, 5.74) is 13.4. The Hall–Kier alpha value is -6.72. The monoisotopic (exact) mass is 830 g/mol. The van der Waals surface area contributed by atoms with Crippen LogP contribution in [0, 0.1) is 0 Å². The molecule has 12 rings (SSSR count). The summed E-state index contributed by atoms with van der Waals surface area (Å²) in [6, 6.07) is 74.7. The minimum atomic E-state index is 0.0387. The van der Waals surface area contributed by atoms with Crippen molar-refractivity contribution in [3.8, 4) is 22.3 Å². The van der Waals surface area contributed by atoms with Gasteiger partial charge in [0.15, 0.2) is 0 Å². The summed E-state index contributed by atoms with van der Waals surface area (Å²) in [6.45, 7) is 6.88. The molecule has 0 bridgehead atoms. The van der Waals surface area contributed by atoms with Crippen LogP contribution in [0.3, 0.4) is 0 Å². The highest BCUT2D eigenvalue weighted by Crippen LogP contribution is 2.55. The molecule has 0 radical (unpaired) electrons. The van der Waals surface area contributed by atoms with Crippen molar-refractivity contribution in [3.05, 3.63) is 206 Å². The molecular weight excluding hydrogens is 789 g/mol. The molecule has 0 saturated heterocycles. The van der Waals surface area contributed by atoms with Gasteiger partial charge in [0.25, 0.3) is 0 Å². The molecule has 2 aliphatic heterocycles. The van der Waals surface area contributed by atoms with Gasteiger partial charge in [-0.05, 0) is 144 Å². The zero-order valence-electron chi connectivity index (χ0n) is 34.8.